The molecule has 2 nitrogen and oxygen atoms in total. The molecule has 0 aliphatic heterocycles. The molecule has 0 bridgehead atoms. The summed E-state index contributed by atoms with van der Waals surface area (Å²) in [6, 6.07) is 14.4. The Hall–Kier alpha value is -1.92. The summed E-state index contributed by atoms with van der Waals surface area (Å²) in [6.07, 6.45) is 1.86. The molecule has 1 aromatic heterocycles. The van der Waals surface area contributed by atoms with Crippen LogP contribution in [0.5, 0.6) is 0 Å². The molecule has 0 radical (unpaired) electrons. The average molecular weight is 324 g/mol. The van der Waals surface area contributed by atoms with Crippen LogP contribution >= 0.6 is 8.58 Å². The van der Waals surface area contributed by atoms with Gasteiger partial charge in [-0.25, -0.2) is 4.79 Å². The van der Waals surface area contributed by atoms with Crippen LogP contribution in [-0.2, 0) is 12.8 Å². The summed E-state index contributed by atoms with van der Waals surface area (Å²) < 4.78 is 5.67. The van der Waals surface area contributed by atoms with Crippen molar-refractivity contribution in [3.8, 4) is 11.1 Å². The molecule has 1 heterocycles. The summed E-state index contributed by atoms with van der Waals surface area (Å²) in [4.78, 5) is 12.4. The summed E-state index contributed by atoms with van der Waals surface area (Å²) in [7, 11) is 0.732. The van der Waals surface area contributed by atoms with Crippen molar-refractivity contribution in [3.05, 3.63) is 64.0 Å². The van der Waals surface area contributed by atoms with Gasteiger partial charge in [0.15, 0.2) is 0 Å². The van der Waals surface area contributed by atoms with Crippen molar-refractivity contribution in [1.29, 1.82) is 0 Å². The van der Waals surface area contributed by atoms with Crippen LogP contribution < -0.4 is 10.9 Å². The molecule has 3 rings (SSSR count). The van der Waals surface area contributed by atoms with Gasteiger partial charge in [-0.3, -0.25) is 0 Å². The van der Waals surface area contributed by atoms with E-state index in [4.69, 9.17) is 4.42 Å². The van der Waals surface area contributed by atoms with E-state index in [1.54, 1.807) is 0 Å². The van der Waals surface area contributed by atoms with Gasteiger partial charge >= 0.3 is 5.63 Å². The fourth-order valence-electron chi connectivity index (χ4n) is 2.84. The fraction of sp³-hybridized carbons (Fsp3) is 0.250. The van der Waals surface area contributed by atoms with E-state index in [1.165, 1.54) is 10.9 Å². The van der Waals surface area contributed by atoms with Gasteiger partial charge in [0, 0.05) is 5.39 Å². The predicted molar refractivity (Wildman–Crippen MR) is 101 cm³/mol. The summed E-state index contributed by atoms with van der Waals surface area (Å²) in [5, 5.41) is 2.32. The van der Waals surface area contributed by atoms with Crippen molar-refractivity contribution < 1.29 is 4.42 Å². The third kappa shape index (κ3) is 3.09. The van der Waals surface area contributed by atoms with Gasteiger partial charge in [0.2, 0.25) is 0 Å². The number of rotatable bonds is 4. The van der Waals surface area contributed by atoms with Crippen LogP contribution in [0, 0.1) is 0 Å². The first-order valence-corrected chi connectivity index (χ1v) is 9.54. The molecule has 0 fully saturated rings. The monoisotopic (exact) mass is 324 g/mol. The zero-order valence-electron chi connectivity index (χ0n) is 13.8. The molecule has 0 N–H and O–H groups in total. The predicted octanol–water partition coefficient (Wildman–Crippen LogP) is 4.52. The summed E-state index contributed by atoms with van der Waals surface area (Å²) >= 11 is 0. The van der Waals surface area contributed by atoms with E-state index in [0.29, 0.717) is 5.56 Å². The maximum atomic E-state index is 12.4. The maximum absolute atomic E-state index is 12.4. The van der Waals surface area contributed by atoms with Crippen LogP contribution in [-0.4, -0.2) is 6.66 Å². The third-order valence-electron chi connectivity index (χ3n) is 4.25. The highest BCUT2D eigenvalue weighted by Crippen LogP contribution is 2.25. The summed E-state index contributed by atoms with van der Waals surface area (Å²) in [6.45, 7) is 6.39. The van der Waals surface area contributed by atoms with E-state index >= 15 is 0 Å². The standard InChI is InChI=1S/C20H21O2P/c1-4-13-6-8-15(9-7-13)18-12-16-11-17(23-3)10-14(5-2)19(16)22-20(18)21/h6-12,23H,4-5H2,1-3H3. The first-order valence-electron chi connectivity index (χ1n) is 8.04. The minimum atomic E-state index is -0.261. The van der Waals surface area contributed by atoms with Crippen LogP contribution in [0.4, 0.5) is 0 Å². The molecule has 1 unspecified atom stereocenters. The zero-order valence-corrected chi connectivity index (χ0v) is 14.8. The zero-order chi connectivity index (χ0) is 16.4. The lowest BCUT2D eigenvalue weighted by Crippen LogP contribution is -2.06. The molecule has 0 aliphatic carbocycles. The Morgan fingerprint density at radius 2 is 1.74 bits per heavy atom. The van der Waals surface area contributed by atoms with Crippen LogP contribution in [0.15, 0.2) is 51.7 Å². The average Bonchev–Trinajstić information content (AvgIpc) is 2.60. The van der Waals surface area contributed by atoms with Crippen LogP contribution in [0.25, 0.3) is 22.1 Å². The SMILES string of the molecule is CCc1ccc(-c2cc3cc(PC)cc(CC)c3oc2=O)cc1. The van der Waals surface area contributed by atoms with Gasteiger partial charge in [0.25, 0.3) is 0 Å². The van der Waals surface area contributed by atoms with Crippen molar-refractivity contribution in [3.63, 3.8) is 0 Å². The van der Waals surface area contributed by atoms with Gasteiger partial charge in [-0.15, -0.1) is 0 Å². The second-order valence-electron chi connectivity index (χ2n) is 5.66. The Morgan fingerprint density at radius 1 is 1.00 bits per heavy atom. The first kappa shape index (κ1) is 16.0. The minimum absolute atomic E-state index is 0.261. The number of benzene rings is 2. The molecule has 0 saturated heterocycles. The maximum Gasteiger partial charge on any atom is 0.344 e. The second-order valence-corrected chi connectivity index (χ2v) is 6.73. The molecule has 23 heavy (non-hydrogen) atoms. The van der Waals surface area contributed by atoms with E-state index in [-0.39, 0.29) is 5.63 Å². The largest absolute Gasteiger partial charge is 0.422 e. The Morgan fingerprint density at radius 3 is 2.35 bits per heavy atom. The number of aryl methyl sites for hydroxylation is 2. The second kappa shape index (κ2) is 6.68. The summed E-state index contributed by atoms with van der Waals surface area (Å²) in [5.74, 6) is 0. The van der Waals surface area contributed by atoms with Gasteiger partial charge < -0.3 is 4.42 Å². The Labute approximate surface area is 138 Å². The lowest BCUT2D eigenvalue weighted by atomic mass is 10.0. The van der Waals surface area contributed by atoms with Crippen LogP contribution in [0.1, 0.15) is 25.0 Å². The smallest absolute Gasteiger partial charge is 0.344 e. The lowest BCUT2D eigenvalue weighted by molar-refractivity contribution is 0.560. The molecule has 0 aliphatic rings. The molecular formula is C20H21O2P. The third-order valence-corrected chi connectivity index (χ3v) is 5.12. The number of fused-ring (bicyclic) bond motifs is 1. The topological polar surface area (TPSA) is 30.2 Å². The Balaban J connectivity index is 2.21. The molecule has 0 spiro atoms. The number of hydrogen-bond acceptors (Lipinski definition) is 2. The van der Waals surface area contributed by atoms with Gasteiger partial charge in [-0.05, 0) is 59.7 Å². The van der Waals surface area contributed by atoms with Crippen molar-refractivity contribution >= 4 is 24.9 Å². The van der Waals surface area contributed by atoms with Crippen molar-refractivity contribution in [2.24, 2.45) is 0 Å². The molecular weight excluding hydrogens is 303 g/mol. The molecule has 1 atom stereocenters. The van der Waals surface area contributed by atoms with Crippen LogP contribution in [0.3, 0.4) is 0 Å². The molecule has 118 valence electrons. The van der Waals surface area contributed by atoms with E-state index in [9.17, 15) is 4.79 Å². The molecule has 3 heteroatoms. The summed E-state index contributed by atoms with van der Waals surface area (Å²) in [5.41, 5.74) is 4.40. The minimum Gasteiger partial charge on any atom is -0.422 e. The highest BCUT2D eigenvalue weighted by Gasteiger charge is 2.11. The van der Waals surface area contributed by atoms with E-state index in [0.717, 1.165) is 43.5 Å². The fourth-order valence-corrected chi connectivity index (χ4v) is 3.45. The highest BCUT2D eigenvalue weighted by atomic mass is 31.1. The van der Waals surface area contributed by atoms with Crippen molar-refractivity contribution in [2.45, 2.75) is 26.7 Å². The van der Waals surface area contributed by atoms with E-state index < -0.39 is 0 Å². The van der Waals surface area contributed by atoms with Gasteiger partial charge in [0.05, 0.1) is 5.56 Å². The van der Waals surface area contributed by atoms with Gasteiger partial charge in [-0.1, -0.05) is 46.7 Å². The lowest BCUT2D eigenvalue weighted by Gasteiger charge is -2.09. The first-order chi connectivity index (χ1) is 11.2. The molecule has 2 aromatic carbocycles. The van der Waals surface area contributed by atoms with Crippen LogP contribution in [0.2, 0.25) is 0 Å². The van der Waals surface area contributed by atoms with Gasteiger partial charge in [-0.2, -0.15) is 0 Å². The van der Waals surface area contributed by atoms with Gasteiger partial charge in [0.1, 0.15) is 5.58 Å². The number of hydrogen-bond donors (Lipinski definition) is 0. The van der Waals surface area contributed by atoms with Crippen molar-refractivity contribution in [2.75, 3.05) is 6.66 Å². The van der Waals surface area contributed by atoms with Crippen molar-refractivity contribution in [1.82, 2.24) is 0 Å². The van der Waals surface area contributed by atoms with E-state index in [2.05, 4.69) is 44.8 Å². The van der Waals surface area contributed by atoms with E-state index in [1.807, 2.05) is 18.2 Å². The molecule has 0 saturated carbocycles. The highest BCUT2D eigenvalue weighted by molar-refractivity contribution is 7.46. The Kier molecular flexibility index (Phi) is 4.63. The normalized spacial score (nSPS) is 11.6. The quantitative estimate of drug-likeness (QED) is 0.522. The molecule has 3 aromatic rings. The Bertz CT molecular complexity index is 892. The molecule has 0 amide bonds.